The summed E-state index contributed by atoms with van der Waals surface area (Å²) in [4.78, 5) is 37.8. The van der Waals surface area contributed by atoms with Gasteiger partial charge in [0.15, 0.2) is 0 Å². The predicted octanol–water partition coefficient (Wildman–Crippen LogP) is 6.03. The standard InChI is InChI=1S/C34H30F4N6O2/c35-29-20-26(44-17-15-43(16-18-44)25-7-5-23(6-8-25)34(36,37)38)9-10-28(29)32(45)42-31(33(46)41-24-11-13-39-14-12-24)19-22-21-40-30-4-2-1-3-27(22)30/h1-14,20-21,31,40H,15-19H2,(H,42,45)(H,39,41,46). The van der Waals surface area contributed by atoms with Gasteiger partial charge in [-0.3, -0.25) is 14.6 Å². The van der Waals surface area contributed by atoms with Crippen molar-refractivity contribution in [1.29, 1.82) is 0 Å². The minimum absolute atomic E-state index is 0.162. The fourth-order valence-electron chi connectivity index (χ4n) is 5.60. The first-order chi connectivity index (χ1) is 22.2. The fourth-order valence-corrected chi connectivity index (χ4v) is 5.60. The van der Waals surface area contributed by atoms with Crippen LogP contribution >= 0.6 is 0 Å². The smallest absolute Gasteiger partial charge is 0.368 e. The molecule has 0 bridgehead atoms. The third kappa shape index (κ3) is 6.80. The molecule has 0 radical (unpaired) electrons. The molecule has 1 saturated heterocycles. The normalized spacial score (nSPS) is 14.3. The molecular formula is C34H30F4N6O2. The quantitative estimate of drug-likeness (QED) is 0.182. The second kappa shape index (κ2) is 12.9. The van der Waals surface area contributed by atoms with E-state index in [-0.39, 0.29) is 12.0 Å². The lowest BCUT2D eigenvalue weighted by Crippen LogP contribution is -2.46. The number of halogens is 4. The monoisotopic (exact) mass is 630 g/mol. The molecule has 1 unspecified atom stereocenters. The zero-order valence-electron chi connectivity index (χ0n) is 24.5. The predicted molar refractivity (Wildman–Crippen MR) is 168 cm³/mol. The maximum Gasteiger partial charge on any atom is 0.416 e. The van der Waals surface area contributed by atoms with Crippen LogP contribution in [-0.4, -0.2) is 54.0 Å². The van der Waals surface area contributed by atoms with E-state index in [0.717, 1.165) is 28.6 Å². The largest absolute Gasteiger partial charge is 0.416 e. The van der Waals surface area contributed by atoms with Crippen LogP contribution in [0.3, 0.4) is 0 Å². The zero-order valence-corrected chi connectivity index (χ0v) is 24.5. The van der Waals surface area contributed by atoms with E-state index in [1.165, 1.54) is 36.7 Å². The van der Waals surface area contributed by atoms with Crippen molar-refractivity contribution >= 4 is 39.8 Å². The number of nitrogens with one attached hydrogen (secondary N) is 3. The van der Waals surface area contributed by atoms with Crippen LogP contribution in [0, 0.1) is 5.82 Å². The number of piperazine rings is 1. The Hall–Kier alpha value is -5.39. The summed E-state index contributed by atoms with van der Waals surface area (Å²) in [6.07, 6.45) is 0.629. The van der Waals surface area contributed by atoms with Gasteiger partial charge in [0.25, 0.3) is 5.91 Å². The number of alkyl halides is 3. The molecule has 1 aliphatic heterocycles. The van der Waals surface area contributed by atoms with Gasteiger partial charge in [0, 0.05) is 79.2 Å². The highest BCUT2D eigenvalue weighted by atomic mass is 19.4. The Labute approximate surface area is 262 Å². The highest BCUT2D eigenvalue weighted by Crippen LogP contribution is 2.31. The third-order valence-corrected chi connectivity index (χ3v) is 8.07. The fraction of sp³-hybridized carbons (Fsp3) is 0.206. The Bertz CT molecular complexity index is 1830. The average Bonchev–Trinajstić information content (AvgIpc) is 3.47. The SMILES string of the molecule is O=C(NC(Cc1c[nH]c2ccccc12)C(=O)Nc1ccncc1)c1ccc(N2CCN(c3ccc(C(F)(F)F)cc3)CC2)cc1F. The Morgan fingerprint density at radius 2 is 1.52 bits per heavy atom. The Balaban J connectivity index is 1.13. The molecule has 6 rings (SSSR count). The van der Waals surface area contributed by atoms with Crippen molar-refractivity contribution in [3.63, 3.8) is 0 Å². The molecule has 236 valence electrons. The number of fused-ring (bicyclic) bond motifs is 1. The summed E-state index contributed by atoms with van der Waals surface area (Å²) in [5.41, 5.74) is 2.57. The van der Waals surface area contributed by atoms with E-state index in [0.29, 0.717) is 43.2 Å². The second-order valence-electron chi connectivity index (χ2n) is 11.0. The number of carbonyl (C=O) groups excluding carboxylic acids is 2. The Morgan fingerprint density at radius 1 is 0.870 bits per heavy atom. The van der Waals surface area contributed by atoms with E-state index < -0.39 is 35.4 Å². The van der Waals surface area contributed by atoms with Crippen LogP contribution in [0.4, 0.5) is 34.6 Å². The number of nitrogens with zero attached hydrogens (tertiary/aromatic N) is 3. The number of hydrogen-bond acceptors (Lipinski definition) is 5. The van der Waals surface area contributed by atoms with Gasteiger partial charge >= 0.3 is 6.18 Å². The maximum atomic E-state index is 15.4. The number of hydrogen-bond donors (Lipinski definition) is 3. The van der Waals surface area contributed by atoms with Gasteiger partial charge in [-0.05, 0) is 66.2 Å². The van der Waals surface area contributed by atoms with E-state index in [1.807, 2.05) is 34.1 Å². The molecule has 0 saturated carbocycles. The molecule has 1 fully saturated rings. The first kappa shape index (κ1) is 30.6. The molecule has 12 heteroatoms. The van der Waals surface area contributed by atoms with E-state index in [1.54, 1.807) is 24.4 Å². The van der Waals surface area contributed by atoms with Crippen molar-refractivity contribution in [3.05, 3.63) is 120 Å². The molecule has 2 amide bonds. The number of amides is 2. The van der Waals surface area contributed by atoms with Crippen molar-refractivity contribution in [3.8, 4) is 0 Å². The van der Waals surface area contributed by atoms with Crippen LogP contribution in [-0.2, 0) is 17.4 Å². The molecule has 1 aliphatic rings. The number of aromatic nitrogens is 2. The molecule has 1 atom stereocenters. The summed E-state index contributed by atoms with van der Waals surface area (Å²) in [5, 5.41) is 6.42. The van der Waals surface area contributed by atoms with Gasteiger partial charge in [-0.25, -0.2) is 4.39 Å². The molecule has 3 aromatic carbocycles. The molecule has 46 heavy (non-hydrogen) atoms. The number of carbonyl (C=O) groups is 2. The lowest BCUT2D eigenvalue weighted by molar-refractivity contribution is -0.137. The minimum atomic E-state index is -4.39. The van der Waals surface area contributed by atoms with E-state index in [4.69, 9.17) is 0 Å². The lowest BCUT2D eigenvalue weighted by atomic mass is 10.0. The lowest BCUT2D eigenvalue weighted by Gasteiger charge is -2.37. The molecule has 0 aliphatic carbocycles. The number of rotatable bonds is 8. The molecule has 0 spiro atoms. The summed E-state index contributed by atoms with van der Waals surface area (Å²) in [5.74, 6) is -1.93. The number of H-pyrrole nitrogens is 1. The summed E-state index contributed by atoms with van der Waals surface area (Å²) in [6.45, 7) is 2.07. The van der Waals surface area contributed by atoms with Gasteiger partial charge in [-0.1, -0.05) is 18.2 Å². The summed E-state index contributed by atoms with van der Waals surface area (Å²) < 4.78 is 54.2. The van der Waals surface area contributed by atoms with Crippen molar-refractivity contribution in [1.82, 2.24) is 15.3 Å². The summed E-state index contributed by atoms with van der Waals surface area (Å²) >= 11 is 0. The van der Waals surface area contributed by atoms with Gasteiger partial charge in [0.2, 0.25) is 5.91 Å². The van der Waals surface area contributed by atoms with E-state index >= 15 is 4.39 Å². The number of anilines is 3. The number of aromatic amines is 1. The average molecular weight is 631 g/mol. The van der Waals surface area contributed by atoms with Crippen LogP contribution in [0.1, 0.15) is 21.5 Å². The van der Waals surface area contributed by atoms with Crippen LogP contribution < -0.4 is 20.4 Å². The number of pyridine rings is 1. The van der Waals surface area contributed by atoms with Gasteiger partial charge < -0.3 is 25.4 Å². The molecular weight excluding hydrogens is 600 g/mol. The molecule has 3 heterocycles. The van der Waals surface area contributed by atoms with E-state index in [9.17, 15) is 22.8 Å². The van der Waals surface area contributed by atoms with Gasteiger partial charge in [0.1, 0.15) is 11.9 Å². The summed E-state index contributed by atoms with van der Waals surface area (Å²) in [6, 6.07) is 19.2. The van der Waals surface area contributed by atoms with Gasteiger partial charge in [0.05, 0.1) is 11.1 Å². The molecule has 2 aromatic heterocycles. The third-order valence-electron chi connectivity index (χ3n) is 8.07. The topological polar surface area (TPSA) is 93.4 Å². The Morgan fingerprint density at radius 3 is 2.20 bits per heavy atom. The van der Waals surface area contributed by atoms with Crippen LogP contribution in [0.2, 0.25) is 0 Å². The zero-order chi connectivity index (χ0) is 32.3. The van der Waals surface area contributed by atoms with Crippen molar-refractivity contribution in [2.24, 2.45) is 0 Å². The van der Waals surface area contributed by atoms with Crippen molar-refractivity contribution in [2.45, 2.75) is 18.6 Å². The first-order valence-corrected chi connectivity index (χ1v) is 14.7. The van der Waals surface area contributed by atoms with E-state index in [2.05, 4.69) is 20.6 Å². The molecule has 3 N–H and O–H groups in total. The second-order valence-corrected chi connectivity index (χ2v) is 11.0. The Kier molecular flexibility index (Phi) is 8.60. The first-order valence-electron chi connectivity index (χ1n) is 14.7. The van der Waals surface area contributed by atoms with Crippen molar-refractivity contribution in [2.75, 3.05) is 41.3 Å². The van der Waals surface area contributed by atoms with Crippen molar-refractivity contribution < 1.29 is 27.2 Å². The number of para-hydroxylation sites is 1. The van der Waals surface area contributed by atoms with Crippen LogP contribution in [0.15, 0.2) is 97.5 Å². The number of benzene rings is 3. The van der Waals surface area contributed by atoms with Crippen LogP contribution in [0.25, 0.3) is 10.9 Å². The minimum Gasteiger partial charge on any atom is -0.368 e. The summed E-state index contributed by atoms with van der Waals surface area (Å²) in [7, 11) is 0. The highest BCUT2D eigenvalue weighted by molar-refractivity contribution is 6.02. The molecule has 8 nitrogen and oxygen atoms in total. The van der Waals surface area contributed by atoms with Gasteiger partial charge in [-0.2, -0.15) is 13.2 Å². The molecule has 5 aromatic rings. The highest BCUT2D eigenvalue weighted by Gasteiger charge is 2.30. The van der Waals surface area contributed by atoms with Crippen LogP contribution in [0.5, 0.6) is 0 Å². The van der Waals surface area contributed by atoms with Gasteiger partial charge in [-0.15, -0.1) is 0 Å². The maximum absolute atomic E-state index is 15.4.